The first-order chi connectivity index (χ1) is 11.5. The van der Waals surface area contributed by atoms with Gasteiger partial charge in [-0.1, -0.05) is 46.5 Å². The monoisotopic (exact) mass is 346 g/mol. The molecule has 4 heteroatoms. The lowest BCUT2D eigenvalue weighted by atomic mass is 9.85. The first-order valence-electron chi connectivity index (χ1n) is 8.92. The van der Waals surface area contributed by atoms with Gasteiger partial charge in [0.05, 0.1) is 10.9 Å². The molecule has 0 bridgehead atoms. The Hall–Kier alpha value is -1.42. The third kappa shape index (κ3) is 3.21. The molecule has 3 rings (SSSR count). The van der Waals surface area contributed by atoms with Gasteiger partial charge in [0.2, 0.25) is 0 Å². The predicted molar refractivity (Wildman–Crippen MR) is 101 cm³/mol. The fraction of sp³-hybridized carbons (Fsp3) is 0.550. The molecule has 1 aliphatic rings. The van der Waals surface area contributed by atoms with E-state index in [4.69, 9.17) is 4.42 Å². The Labute approximate surface area is 147 Å². The number of thioether (sulfide) groups is 1. The van der Waals surface area contributed by atoms with Crippen molar-refractivity contribution in [3.8, 4) is 5.75 Å². The first-order valence-corrected chi connectivity index (χ1v) is 10.1. The number of phenols is 1. The van der Waals surface area contributed by atoms with E-state index in [-0.39, 0.29) is 11.4 Å². The molecule has 3 nitrogen and oxygen atoms in total. The molecule has 0 aliphatic carbocycles. The van der Waals surface area contributed by atoms with Gasteiger partial charge in [0, 0.05) is 11.5 Å². The van der Waals surface area contributed by atoms with E-state index in [0.29, 0.717) is 23.2 Å². The molecule has 2 heterocycles. The van der Waals surface area contributed by atoms with Crippen LogP contribution >= 0.6 is 11.8 Å². The summed E-state index contributed by atoms with van der Waals surface area (Å²) in [5.41, 5.74) is 3.01. The SMILES string of the molecule is CCCCCC(C)C(C)c1cc(O)c2c3c(c(=O)oc2c1)CSC3. The summed E-state index contributed by atoms with van der Waals surface area (Å²) in [5, 5.41) is 11.3. The molecular weight excluding hydrogens is 320 g/mol. The van der Waals surface area contributed by atoms with Crippen molar-refractivity contribution < 1.29 is 9.52 Å². The van der Waals surface area contributed by atoms with Crippen molar-refractivity contribution >= 4 is 22.7 Å². The number of phenolic OH excluding ortho intramolecular Hbond substituents is 1. The summed E-state index contributed by atoms with van der Waals surface area (Å²) in [6.45, 7) is 6.67. The quantitative estimate of drug-likeness (QED) is 0.549. The average Bonchev–Trinajstić information content (AvgIpc) is 3.03. The van der Waals surface area contributed by atoms with Crippen LogP contribution in [0.3, 0.4) is 0 Å². The summed E-state index contributed by atoms with van der Waals surface area (Å²) < 4.78 is 5.53. The number of hydrogen-bond donors (Lipinski definition) is 1. The van der Waals surface area contributed by atoms with Crippen LogP contribution in [0.1, 0.15) is 69.1 Å². The van der Waals surface area contributed by atoms with Crippen LogP contribution in [0, 0.1) is 5.92 Å². The van der Waals surface area contributed by atoms with Gasteiger partial charge in [0.25, 0.3) is 0 Å². The first kappa shape index (κ1) is 17.4. The lowest BCUT2D eigenvalue weighted by Crippen LogP contribution is -2.09. The van der Waals surface area contributed by atoms with E-state index < -0.39 is 0 Å². The maximum Gasteiger partial charge on any atom is 0.340 e. The van der Waals surface area contributed by atoms with Gasteiger partial charge in [-0.2, -0.15) is 11.8 Å². The largest absolute Gasteiger partial charge is 0.507 e. The summed E-state index contributed by atoms with van der Waals surface area (Å²) in [7, 11) is 0. The van der Waals surface area contributed by atoms with E-state index in [1.807, 2.05) is 12.1 Å². The number of aromatic hydroxyl groups is 1. The van der Waals surface area contributed by atoms with E-state index in [1.165, 1.54) is 25.7 Å². The van der Waals surface area contributed by atoms with E-state index in [9.17, 15) is 9.90 Å². The van der Waals surface area contributed by atoms with Crippen molar-refractivity contribution in [2.75, 3.05) is 0 Å². The van der Waals surface area contributed by atoms with E-state index in [0.717, 1.165) is 27.8 Å². The van der Waals surface area contributed by atoms with E-state index >= 15 is 0 Å². The fourth-order valence-electron chi connectivity index (χ4n) is 3.56. The second-order valence-electron chi connectivity index (χ2n) is 7.01. The lowest BCUT2D eigenvalue weighted by Gasteiger charge is -2.21. The van der Waals surface area contributed by atoms with Gasteiger partial charge < -0.3 is 9.52 Å². The summed E-state index contributed by atoms with van der Waals surface area (Å²) in [5.74, 6) is 2.56. The van der Waals surface area contributed by atoms with Crippen LogP contribution in [0.2, 0.25) is 0 Å². The molecule has 0 spiro atoms. The minimum atomic E-state index is -0.248. The maximum atomic E-state index is 12.2. The molecule has 0 fully saturated rings. The highest BCUT2D eigenvalue weighted by Crippen LogP contribution is 2.40. The van der Waals surface area contributed by atoms with Crippen molar-refractivity contribution in [1.82, 2.24) is 0 Å². The van der Waals surface area contributed by atoms with Gasteiger partial charge >= 0.3 is 5.63 Å². The molecule has 0 saturated carbocycles. The Balaban J connectivity index is 1.96. The van der Waals surface area contributed by atoms with Gasteiger partial charge in [0.15, 0.2) is 0 Å². The minimum Gasteiger partial charge on any atom is -0.507 e. The highest BCUT2D eigenvalue weighted by Gasteiger charge is 2.24. The topological polar surface area (TPSA) is 50.4 Å². The van der Waals surface area contributed by atoms with Gasteiger partial charge in [-0.05, 0) is 35.1 Å². The number of benzene rings is 1. The molecule has 1 aliphatic heterocycles. The van der Waals surface area contributed by atoms with Crippen LogP contribution in [0.25, 0.3) is 11.0 Å². The third-order valence-corrected chi connectivity index (χ3v) is 6.34. The van der Waals surface area contributed by atoms with Crippen molar-refractivity contribution in [3.05, 3.63) is 39.2 Å². The van der Waals surface area contributed by atoms with Crippen LogP contribution in [-0.2, 0) is 11.5 Å². The molecule has 2 unspecified atom stereocenters. The number of rotatable bonds is 6. The average molecular weight is 346 g/mol. The summed E-state index contributed by atoms with van der Waals surface area (Å²) in [4.78, 5) is 12.2. The molecule has 2 aromatic rings. The molecule has 2 atom stereocenters. The van der Waals surface area contributed by atoms with E-state index in [2.05, 4.69) is 20.8 Å². The summed E-state index contributed by atoms with van der Waals surface area (Å²) in [6, 6.07) is 3.83. The zero-order valence-corrected chi connectivity index (χ0v) is 15.5. The highest BCUT2D eigenvalue weighted by molar-refractivity contribution is 7.98. The third-order valence-electron chi connectivity index (χ3n) is 5.35. The molecule has 24 heavy (non-hydrogen) atoms. The zero-order chi connectivity index (χ0) is 17.3. The Morgan fingerprint density at radius 1 is 1.21 bits per heavy atom. The second kappa shape index (κ2) is 7.22. The molecule has 0 amide bonds. The number of hydrogen-bond acceptors (Lipinski definition) is 4. The standard InChI is InChI=1S/C20H26O3S/c1-4-5-6-7-12(2)13(3)14-8-17(21)19-15-10-24-11-16(15)20(22)23-18(19)9-14/h8-9,12-13,21H,4-7,10-11H2,1-3H3. The second-order valence-corrected chi connectivity index (χ2v) is 8.00. The van der Waals surface area contributed by atoms with Gasteiger partial charge in [0.1, 0.15) is 11.3 Å². The minimum absolute atomic E-state index is 0.248. The van der Waals surface area contributed by atoms with Gasteiger partial charge in [-0.15, -0.1) is 0 Å². The van der Waals surface area contributed by atoms with Crippen molar-refractivity contribution in [2.24, 2.45) is 5.92 Å². The Morgan fingerprint density at radius 2 is 1.96 bits per heavy atom. The van der Waals surface area contributed by atoms with Gasteiger partial charge in [-0.3, -0.25) is 0 Å². The van der Waals surface area contributed by atoms with Crippen LogP contribution in [-0.4, -0.2) is 5.11 Å². The Bertz CT molecular complexity index is 794. The van der Waals surface area contributed by atoms with Crippen molar-refractivity contribution in [2.45, 2.75) is 63.9 Å². The van der Waals surface area contributed by atoms with Gasteiger partial charge in [-0.25, -0.2) is 4.79 Å². The van der Waals surface area contributed by atoms with Crippen molar-refractivity contribution in [1.29, 1.82) is 0 Å². The normalized spacial score (nSPS) is 16.3. The predicted octanol–water partition coefficient (Wildman–Crippen LogP) is 5.57. The van der Waals surface area contributed by atoms with Crippen LogP contribution in [0.4, 0.5) is 0 Å². The molecule has 130 valence electrons. The maximum absolute atomic E-state index is 12.2. The molecule has 1 aromatic carbocycles. The number of fused-ring (bicyclic) bond motifs is 3. The molecule has 0 saturated heterocycles. The Morgan fingerprint density at radius 3 is 2.71 bits per heavy atom. The fourth-order valence-corrected chi connectivity index (χ4v) is 4.68. The summed E-state index contributed by atoms with van der Waals surface area (Å²) in [6.07, 6.45) is 4.91. The molecular formula is C20H26O3S. The lowest BCUT2D eigenvalue weighted by molar-refractivity contribution is 0.427. The van der Waals surface area contributed by atoms with Crippen LogP contribution in [0.15, 0.2) is 21.3 Å². The number of unbranched alkanes of at least 4 members (excludes halogenated alkanes) is 2. The zero-order valence-electron chi connectivity index (χ0n) is 14.7. The molecule has 0 radical (unpaired) electrons. The highest BCUT2D eigenvalue weighted by atomic mass is 32.2. The van der Waals surface area contributed by atoms with Crippen LogP contribution < -0.4 is 5.63 Å². The van der Waals surface area contributed by atoms with Crippen molar-refractivity contribution in [3.63, 3.8) is 0 Å². The smallest absolute Gasteiger partial charge is 0.340 e. The van der Waals surface area contributed by atoms with E-state index in [1.54, 1.807) is 11.8 Å². The summed E-state index contributed by atoms with van der Waals surface area (Å²) >= 11 is 1.70. The molecule has 1 N–H and O–H groups in total. The Kier molecular flexibility index (Phi) is 5.24. The van der Waals surface area contributed by atoms with Crippen LogP contribution in [0.5, 0.6) is 5.75 Å². The molecule has 1 aromatic heterocycles.